The number of hydrogen-bond acceptors (Lipinski definition) is 7. The van der Waals surface area contributed by atoms with Gasteiger partial charge in [0.25, 0.3) is 5.56 Å². The first-order valence-electron chi connectivity index (χ1n) is 10.6. The van der Waals surface area contributed by atoms with Gasteiger partial charge in [0.1, 0.15) is 17.6 Å². The van der Waals surface area contributed by atoms with E-state index in [1.54, 1.807) is 0 Å². The van der Waals surface area contributed by atoms with Crippen molar-refractivity contribution in [3.63, 3.8) is 0 Å². The molecule has 2 atom stereocenters. The molecule has 2 aromatic heterocycles. The summed E-state index contributed by atoms with van der Waals surface area (Å²) in [6, 6.07) is 0. The predicted octanol–water partition coefficient (Wildman–Crippen LogP) is 1.50. The Morgan fingerprint density at radius 3 is 2.52 bits per heavy atom. The van der Waals surface area contributed by atoms with Gasteiger partial charge in [0.15, 0.2) is 10.8 Å². The number of likely N-dealkylation sites (N-methyl/N-ethyl adjacent to an activating group) is 1. The van der Waals surface area contributed by atoms with Crippen molar-refractivity contribution in [3.05, 3.63) is 16.7 Å². The fraction of sp³-hybridized carbons (Fsp3) is 0.700. The number of carbonyl (C=O) groups is 1. The molecule has 2 saturated heterocycles. The molecule has 158 valence electrons. The maximum Gasteiger partial charge on any atom is 0.273 e. The van der Waals surface area contributed by atoms with Gasteiger partial charge >= 0.3 is 0 Å². The summed E-state index contributed by atoms with van der Waals surface area (Å²) < 4.78 is 1.97. The van der Waals surface area contributed by atoms with Gasteiger partial charge in [0.2, 0.25) is 5.91 Å². The predicted molar refractivity (Wildman–Crippen MR) is 116 cm³/mol. The summed E-state index contributed by atoms with van der Waals surface area (Å²) in [7, 11) is 0. The molecule has 0 unspecified atom stereocenters. The van der Waals surface area contributed by atoms with Crippen molar-refractivity contribution >= 4 is 32.7 Å². The molecule has 0 aromatic carbocycles. The Balaban J connectivity index is 1.50. The zero-order chi connectivity index (χ0) is 20.5. The van der Waals surface area contributed by atoms with Crippen LogP contribution in [0.15, 0.2) is 11.1 Å². The molecule has 29 heavy (non-hydrogen) atoms. The second-order valence-corrected chi connectivity index (χ2v) is 9.47. The van der Waals surface area contributed by atoms with Crippen molar-refractivity contribution in [2.75, 3.05) is 50.7 Å². The SMILES string of the molecule is CCN1CCN(c2nc3ncn(CC(=O)N4C[C@H](C)C[C@@H](C)C4)c(=O)c3s2)CC1. The van der Waals surface area contributed by atoms with E-state index >= 15 is 0 Å². The minimum atomic E-state index is -0.169. The van der Waals surface area contributed by atoms with Crippen LogP contribution in [-0.4, -0.2) is 76.1 Å². The number of piperidine rings is 1. The van der Waals surface area contributed by atoms with Crippen molar-refractivity contribution < 1.29 is 4.79 Å². The molecule has 0 spiro atoms. The maximum atomic E-state index is 13.0. The summed E-state index contributed by atoms with van der Waals surface area (Å²) in [4.78, 5) is 41.2. The first kappa shape index (κ1) is 20.3. The Morgan fingerprint density at radius 1 is 1.17 bits per heavy atom. The molecule has 0 aliphatic carbocycles. The molecule has 2 aliphatic rings. The van der Waals surface area contributed by atoms with E-state index in [0.29, 0.717) is 22.2 Å². The summed E-state index contributed by atoms with van der Waals surface area (Å²) in [6.45, 7) is 13.0. The van der Waals surface area contributed by atoms with Gasteiger partial charge in [-0.2, -0.15) is 4.98 Å². The first-order valence-corrected chi connectivity index (χ1v) is 11.4. The van der Waals surface area contributed by atoms with Crippen LogP contribution in [0.4, 0.5) is 5.13 Å². The van der Waals surface area contributed by atoms with Crippen LogP contribution in [0.5, 0.6) is 0 Å². The molecule has 0 radical (unpaired) electrons. The molecule has 2 fully saturated rings. The van der Waals surface area contributed by atoms with Gasteiger partial charge in [-0.3, -0.25) is 14.2 Å². The van der Waals surface area contributed by atoms with Crippen LogP contribution in [0, 0.1) is 11.8 Å². The lowest BCUT2D eigenvalue weighted by molar-refractivity contribution is -0.134. The van der Waals surface area contributed by atoms with Crippen molar-refractivity contribution in [2.45, 2.75) is 33.7 Å². The molecular formula is C20H30N6O2S. The zero-order valence-electron chi connectivity index (χ0n) is 17.5. The van der Waals surface area contributed by atoms with E-state index in [-0.39, 0.29) is 18.0 Å². The third-order valence-electron chi connectivity index (χ3n) is 5.99. The monoisotopic (exact) mass is 418 g/mol. The van der Waals surface area contributed by atoms with Gasteiger partial charge in [-0.15, -0.1) is 0 Å². The number of aromatic nitrogens is 3. The average Bonchev–Trinajstić information content (AvgIpc) is 3.14. The third kappa shape index (κ3) is 4.30. The number of carbonyl (C=O) groups excluding carboxylic acids is 1. The van der Waals surface area contributed by atoms with Gasteiger partial charge in [0.05, 0.1) is 0 Å². The van der Waals surface area contributed by atoms with E-state index in [2.05, 4.69) is 40.5 Å². The van der Waals surface area contributed by atoms with Crippen LogP contribution in [-0.2, 0) is 11.3 Å². The number of anilines is 1. The van der Waals surface area contributed by atoms with Crippen LogP contribution < -0.4 is 10.5 Å². The van der Waals surface area contributed by atoms with Gasteiger partial charge in [-0.1, -0.05) is 32.1 Å². The van der Waals surface area contributed by atoms with Crippen LogP contribution in [0.1, 0.15) is 27.2 Å². The Hall–Kier alpha value is -2.00. The van der Waals surface area contributed by atoms with Crippen LogP contribution in [0.2, 0.25) is 0 Å². The molecule has 8 nitrogen and oxygen atoms in total. The molecular weight excluding hydrogens is 388 g/mol. The van der Waals surface area contributed by atoms with E-state index in [4.69, 9.17) is 0 Å². The number of thiazole rings is 1. The van der Waals surface area contributed by atoms with E-state index in [1.807, 2.05) is 4.90 Å². The molecule has 2 aromatic rings. The molecule has 0 saturated carbocycles. The van der Waals surface area contributed by atoms with Crippen molar-refractivity contribution in [1.29, 1.82) is 0 Å². The topological polar surface area (TPSA) is 74.6 Å². The number of rotatable bonds is 4. The number of likely N-dealkylation sites (tertiary alicyclic amines) is 1. The van der Waals surface area contributed by atoms with Gasteiger partial charge in [-0.25, -0.2) is 4.98 Å². The van der Waals surface area contributed by atoms with Crippen molar-refractivity contribution in [2.24, 2.45) is 11.8 Å². The molecule has 4 heterocycles. The second-order valence-electron chi connectivity index (χ2n) is 8.49. The minimum absolute atomic E-state index is 0.00734. The molecule has 4 rings (SSSR count). The van der Waals surface area contributed by atoms with Crippen molar-refractivity contribution in [1.82, 2.24) is 24.3 Å². The normalized spacial score (nSPS) is 23.7. The first-order chi connectivity index (χ1) is 13.9. The quantitative estimate of drug-likeness (QED) is 0.749. The largest absolute Gasteiger partial charge is 0.345 e. The average molecular weight is 419 g/mol. The van der Waals surface area contributed by atoms with Gasteiger partial charge in [0, 0.05) is 39.3 Å². The summed E-state index contributed by atoms with van der Waals surface area (Å²) in [5.41, 5.74) is 0.314. The molecule has 9 heteroatoms. The summed E-state index contributed by atoms with van der Waals surface area (Å²) in [5.74, 6) is 0.988. The minimum Gasteiger partial charge on any atom is -0.345 e. The Bertz CT molecular complexity index is 923. The summed E-state index contributed by atoms with van der Waals surface area (Å²) in [5, 5.41) is 0.850. The van der Waals surface area contributed by atoms with E-state index < -0.39 is 0 Å². The van der Waals surface area contributed by atoms with E-state index in [9.17, 15) is 9.59 Å². The second kappa shape index (κ2) is 8.39. The van der Waals surface area contributed by atoms with Crippen LogP contribution >= 0.6 is 11.3 Å². The maximum absolute atomic E-state index is 13.0. The Morgan fingerprint density at radius 2 is 1.86 bits per heavy atom. The van der Waals surface area contributed by atoms with Crippen molar-refractivity contribution in [3.8, 4) is 0 Å². The lowest BCUT2D eigenvalue weighted by atomic mass is 9.92. The van der Waals surface area contributed by atoms with E-state index in [0.717, 1.165) is 57.4 Å². The lowest BCUT2D eigenvalue weighted by Gasteiger charge is -2.35. The fourth-order valence-corrected chi connectivity index (χ4v) is 5.47. The van der Waals surface area contributed by atoms with Crippen LogP contribution in [0.25, 0.3) is 10.3 Å². The van der Waals surface area contributed by atoms with Gasteiger partial charge in [-0.05, 0) is 24.8 Å². The standard InChI is InChI=1S/C20H30N6O2S/c1-4-23-5-7-24(8-6-23)20-22-18-17(29-20)19(28)26(13-21-18)12-16(27)25-10-14(2)9-15(3)11-25/h13-15H,4-12H2,1-3H3/t14-,15-/m1/s1. The highest BCUT2D eigenvalue weighted by Gasteiger charge is 2.26. The van der Waals surface area contributed by atoms with Gasteiger partial charge < -0.3 is 14.7 Å². The summed E-state index contributed by atoms with van der Waals surface area (Å²) >= 11 is 1.39. The highest BCUT2D eigenvalue weighted by molar-refractivity contribution is 7.22. The zero-order valence-corrected chi connectivity index (χ0v) is 18.3. The summed E-state index contributed by atoms with van der Waals surface area (Å²) in [6.07, 6.45) is 2.62. The highest BCUT2D eigenvalue weighted by atomic mass is 32.1. The molecule has 1 amide bonds. The molecule has 0 N–H and O–H groups in total. The highest BCUT2D eigenvalue weighted by Crippen LogP contribution is 2.26. The third-order valence-corrected chi connectivity index (χ3v) is 7.08. The number of piperazine rings is 1. The van der Waals surface area contributed by atoms with Crippen LogP contribution in [0.3, 0.4) is 0 Å². The number of nitrogens with zero attached hydrogens (tertiary/aromatic N) is 6. The molecule has 2 aliphatic heterocycles. The lowest BCUT2D eigenvalue weighted by Crippen LogP contribution is -2.46. The number of hydrogen-bond donors (Lipinski definition) is 0. The molecule has 0 bridgehead atoms. The fourth-order valence-electron chi connectivity index (χ4n) is 4.45. The number of fused-ring (bicyclic) bond motifs is 1. The Kier molecular flexibility index (Phi) is 5.87. The number of amides is 1. The van der Waals surface area contributed by atoms with E-state index in [1.165, 1.54) is 22.2 Å². The Labute approximate surface area is 175 Å². The smallest absolute Gasteiger partial charge is 0.273 e.